The van der Waals surface area contributed by atoms with E-state index in [1.807, 2.05) is 0 Å². The Balaban J connectivity index is 2.08. The smallest absolute Gasteiger partial charge is 0.410 e. The van der Waals surface area contributed by atoms with Gasteiger partial charge in [0.05, 0.1) is 12.3 Å². The molecule has 0 radical (unpaired) electrons. The molecule has 208 valence electrons. The number of fused-ring (bicyclic) bond motifs is 1. The Labute approximate surface area is 229 Å². The van der Waals surface area contributed by atoms with Gasteiger partial charge in [-0.25, -0.2) is 14.2 Å². The summed E-state index contributed by atoms with van der Waals surface area (Å²) in [5.41, 5.74) is -1.38. The topological polar surface area (TPSA) is 125 Å². The number of benzene rings is 1. The minimum Gasteiger partial charge on any atom is -0.444 e. The lowest BCUT2D eigenvalue weighted by Crippen LogP contribution is -2.39. The van der Waals surface area contributed by atoms with Crippen LogP contribution < -0.4 is 9.74 Å². The largest absolute Gasteiger partial charge is 0.444 e. The van der Waals surface area contributed by atoms with Crippen molar-refractivity contribution in [3.05, 3.63) is 55.9 Å². The van der Waals surface area contributed by atoms with E-state index in [0.717, 1.165) is 6.26 Å². The van der Waals surface area contributed by atoms with Crippen LogP contribution in [0.4, 0.5) is 9.18 Å². The molecule has 1 amide bonds. The highest BCUT2D eigenvalue weighted by Gasteiger charge is 2.34. The van der Waals surface area contributed by atoms with Crippen LogP contribution in [0.2, 0.25) is 0 Å². The third-order valence-electron chi connectivity index (χ3n) is 5.85. The summed E-state index contributed by atoms with van der Waals surface area (Å²) in [5, 5.41) is 0. The van der Waals surface area contributed by atoms with E-state index in [0.29, 0.717) is 29.3 Å². The fourth-order valence-electron chi connectivity index (χ4n) is 4.10. The summed E-state index contributed by atoms with van der Waals surface area (Å²) < 4.78 is 49.6. The van der Waals surface area contributed by atoms with Gasteiger partial charge in [0.25, 0.3) is 5.56 Å². The standard InChI is InChI=1S/C25H31BrFN3O7S/c1-25(2,3)36-24(33)29(4)18-8-6-7-13-30-22(18)28-20(21(23(30)32)37-38(5,34)35)19(31)12-10-15-9-11-16(27)14-17(15)26/h9,11,14,18H,6-8,10,12-13H2,1-5H3. The lowest BCUT2D eigenvalue weighted by atomic mass is 10.0. The lowest BCUT2D eigenvalue weighted by molar-refractivity contribution is 0.0202. The van der Waals surface area contributed by atoms with Gasteiger partial charge in [-0.15, -0.1) is 0 Å². The summed E-state index contributed by atoms with van der Waals surface area (Å²) in [6.45, 7) is 5.39. The molecule has 1 atom stereocenters. The monoisotopic (exact) mass is 615 g/mol. The summed E-state index contributed by atoms with van der Waals surface area (Å²) in [4.78, 5) is 45.5. The average molecular weight is 617 g/mol. The molecule has 38 heavy (non-hydrogen) atoms. The fourth-order valence-corrected chi connectivity index (χ4v) is 5.10. The Morgan fingerprint density at radius 1 is 1.26 bits per heavy atom. The molecule has 0 saturated carbocycles. The molecule has 1 aliphatic rings. The van der Waals surface area contributed by atoms with Crippen molar-refractivity contribution in [1.82, 2.24) is 14.5 Å². The molecule has 0 saturated heterocycles. The van der Waals surface area contributed by atoms with Gasteiger partial charge < -0.3 is 13.8 Å². The molecule has 0 fully saturated rings. The number of amides is 1. The number of carbonyl (C=O) groups is 2. The molecule has 1 unspecified atom stereocenters. The second kappa shape index (κ2) is 11.5. The normalized spacial score (nSPS) is 15.8. The van der Waals surface area contributed by atoms with E-state index < -0.39 is 56.5 Å². The number of ketones is 1. The Bertz CT molecular complexity index is 1400. The van der Waals surface area contributed by atoms with Crippen molar-refractivity contribution in [3.8, 4) is 5.75 Å². The van der Waals surface area contributed by atoms with Gasteiger partial charge in [-0.05, 0) is 64.2 Å². The van der Waals surface area contributed by atoms with Crippen molar-refractivity contribution >= 4 is 37.9 Å². The zero-order valence-corrected chi connectivity index (χ0v) is 24.3. The van der Waals surface area contributed by atoms with Crippen molar-refractivity contribution < 1.29 is 31.3 Å². The van der Waals surface area contributed by atoms with Crippen LogP contribution in [0.25, 0.3) is 0 Å². The molecular weight excluding hydrogens is 585 g/mol. The first-order chi connectivity index (χ1) is 17.6. The minimum atomic E-state index is -4.17. The van der Waals surface area contributed by atoms with Gasteiger partial charge in [0, 0.05) is 24.5 Å². The number of ether oxygens (including phenoxy) is 1. The van der Waals surface area contributed by atoms with E-state index in [9.17, 15) is 27.2 Å². The van der Waals surface area contributed by atoms with Gasteiger partial charge in [0.1, 0.15) is 17.2 Å². The molecule has 10 nitrogen and oxygen atoms in total. The van der Waals surface area contributed by atoms with Crippen LogP contribution in [0, 0.1) is 5.82 Å². The van der Waals surface area contributed by atoms with E-state index in [4.69, 9.17) is 8.92 Å². The SMILES string of the molecule is CN(C(=O)OC(C)(C)C)C1CCCCn2c1nc(C(=O)CCc1ccc(F)cc1Br)c(OS(C)(=O)=O)c2=O. The molecular formula is C25H31BrFN3O7S. The highest BCUT2D eigenvalue weighted by Crippen LogP contribution is 2.30. The number of nitrogens with zero attached hydrogens (tertiary/aromatic N) is 3. The molecule has 0 aliphatic carbocycles. The van der Waals surface area contributed by atoms with Crippen LogP contribution in [0.3, 0.4) is 0 Å². The predicted octanol–water partition coefficient (Wildman–Crippen LogP) is 4.39. The van der Waals surface area contributed by atoms with Crippen molar-refractivity contribution in [2.75, 3.05) is 13.3 Å². The highest BCUT2D eigenvalue weighted by molar-refractivity contribution is 9.10. The molecule has 3 rings (SSSR count). The fraction of sp³-hybridized carbons (Fsp3) is 0.520. The Hall–Kier alpha value is -2.80. The Morgan fingerprint density at radius 3 is 2.55 bits per heavy atom. The number of rotatable bonds is 7. The maximum atomic E-state index is 13.5. The molecule has 1 aliphatic heterocycles. The van der Waals surface area contributed by atoms with Crippen LogP contribution >= 0.6 is 15.9 Å². The quantitative estimate of drug-likeness (QED) is 0.332. The molecule has 0 spiro atoms. The van der Waals surface area contributed by atoms with Crippen LogP contribution in [-0.2, 0) is 27.8 Å². The number of carbonyl (C=O) groups excluding carboxylic acids is 2. The Morgan fingerprint density at radius 2 is 1.95 bits per heavy atom. The summed E-state index contributed by atoms with van der Waals surface area (Å²) in [6.07, 6.45) is 1.81. The predicted molar refractivity (Wildman–Crippen MR) is 141 cm³/mol. The zero-order valence-electron chi connectivity index (χ0n) is 21.9. The van der Waals surface area contributed by atoms with Crippen molar-refractivity contribution in [2.24, 2.45) is 0 Å². The first-order valence-electron chi connectivity index (χ1n) is 12.0. The first-order valence-corrected chi connectivity index (χ1v) is 14.7. The third kappa shape index (κ3) is 7.40. The van der Waals surface area contributed by atoms with Crippen molar-refractivity contribution in [1.29, 1.82) is 0 Å². The van der Waals surface area contributed by atoms with Gasteiger partial charge in [-0.2, -0.15) is 8.42 Å². The van der Waals surface area contributed by atoms with E-state index in [1.165, 1.54) is 34.7 Å². The van der Waals surface area contributed by atoms with Gasteiger partial charge >= 0.3 is 16.2 Å². The summed E-state index contributed by atoms with van der Waals surface area (Å²) >= 11 is 3.26. The van der Waals surface area contributed by atoms with Crippen LogP contribution in [0.5, 0.6) is 5.75 Å². The second-order valence-electron chi connectivity index (χ2n) is 10.2. The van der Waals surface area contributed by atoms with Crippen LogP contribution in [0.1, 0.15) is 74.4 Å². The number of aryl methyl sites for hydroxylation is 1. The molecule has 1 aromatic heterocycles. The van der Waals surface area contributed by atoms with E-state index >= 15 is 0 Å². The third-order valence-corrected chi connectivity index (χ3v) is 7.06. The van der Waals surface area contributed by atoms with Gasteiger partial charge in [0.15, 0.2) is 11.5 Å². The number of Topliss-reactive ketones (excluding diaryl/α,β-unsaturated/α-hetero) is 1. The summed E-state index contributed by atoms with van der Waals surface area (Å²) in [7, 11) is -2.65. The highest BCUT2D eigenvalue weighted by atomic mass is 79.9. The van der Waals surface area contributed by atoms with Gasteiger partial charge in [0.2, 0.25) is 5.75 Å². The molecule has 0 bridgehead atoms. The van der Waals surface area contributed by atoms with Crippen LogP contribution in [-0.4, -0.2) is 53.6 Å². The molecule has 2 heterocycles. The Kier molecular flexibility index (Phi) is 9.02. The maximum Gasteiger partial charge on any atom is 0.410 e. The second-order valence-corrected chi connectivity index (χ2v) is 12.6. The number of hydrogen-bond donors (Lipinski definition) is 0. The maximum absolute atomic E-state index is 13.5. The molecule has 2 aromatic rings. The number of hydrogen-bond acceptors (Lipinski definition) is 8. The van der Waals surface area contributed by atoms with E-state index in [-0.39, 0.29) is 25.2 Å². The molecule has 1 aromatic carbocycles. The molecule has 0 N–H and O–H groups in total. The van der Waals surface area contributed by atoms with Crippen molar-refractivity contribution in [2.45, 2.75) is 71.1 Å². The van der Waals surface area contributed by atoms with E-state index in [2.05, 4.69) is 20.9 Å². The minimum absolute atomic E-state index is 0.146. The zero-order chi connectivity index (χ0) is 28.4. The van der Waals surface area contributed by atoms with E-state index in [1.54, 1.807) is 20.8 Å². The lowest BCUT2D eigenvalue weighted by Gasteiger charge is -2.30. The summed E-state index contributed by atoms with van der Waals surface area (Å²) in [6, 6.07) is 3.34. The average Bonchev–Trinajstić information content (AvgIpc) is 3.00. The summed E-state index contributed by atoms with van der Waals surface area (Å²) in [5.74, 6) is -1.62. The number of aromatic nitrogens is 2. The van der Waals surface area contributed by atoms with Crippen molar-refractivity contribution in [3.63, 3.8) is 0 Å². The molecule has 13 heteroatoms. The van der Waals surface area contributed by atoms with Gasteiger partial charge in [-0.3, -0.25) is 14.2 Å². The number of halogens is 2. The van der Waals surface area contributed by atoms with Gasteiger partial charge in [-0.1, -0.05) is 22.0 Å². The first kappa shape index (κ1) is 29.8. The van der Waals surface area contributed by atoms with Crippen LogP contribution in [0.15, 0.2) is 27.5 Å².